The van der Waals surface area contributed by atoms with Crippen molar-refractivity contribution in [3.05, 3.63) is 76.7 Å². The maximum absolute atomic E-state index is 5.95. The van der Waals surface area contributed by atoms with Crippen LogP contribution >= 0.6 is 11.6 Å². The number of benzene rings is 2. The molecule has 0 atom stereocenters. The summed E-state index contributed by atoms with van der Waals surface area (Å²) in [7, 11) is 1.65. The minimum absolute atomic E-state index is 0.565. The van der Waals surface area contributed by atoms with Crippen LogP contribution in [0.25, 0.3) is 5.78 Å². The molecule has 0 bridgehead atoms. The number of fused-ring (bicyclic) bond motifs is 1. The fourth-order valence-corrected chi connectivity index (χ4v) is 2.93. The second-order valence-corrected chi connectivity index (χ2v) is 6.62. The predicted octanol–water partition coefficient (Wildman–Crippen LogP) is 4.43. The molecule has 0 saturated heterocycles. The quantitative estimate of drug-likeness (QED) is 0.555. The van der Waals surface area contributed by atoms with Crippen LogP contribution in [0.1, 0.15) is 17.1 Å². The van der Waals surface area contributed by atoms with Gasteiger partial charge in [0.1, 0.15) is 11.6 Å². The van der Waals surface area contributed by atoms with Gasteiger partial charge >= 0.3 is 0 Å². The van der Waals surface area contributed by atoms with Crippen LogP contribution in [0.5, 0.6) is 5.75 Å². The first-order chi connectivity index (χ1) is 13.1. The highest BCUT2D eigenvalue weighted by Crippen LogP contribution is 2.21. The number of aryl methyl sites for hydroxylation is 1. The lowest BCUT2D eigenvalue weighted by Gasteiger charge is -2.09. The molecule has 0 aliphatic heterocycles. The first-order valence-electron chi connectivity index (χ1n) is 8.49. The van der Waals surface area contributed by atoms with Crippen molar-refractivity contribution in [3.8, 4) is 5.75 Å². The van der Waals surface area contributed by atoms with Crippen LogP contribution in [0, 0.1) is 6.92 Å². The van der Waals surface area contributed by atoms with Gasteiger partial charge in [0.05, 0.1) is 7.11 Å². The first kappa shape index (κ1) is 17.3. The summed E-state index contributed by atoms with van der Waals surface area (Å²) in [6.07, 6.45) is 0.613. The maximum Gasteiger partial charge on any atom is 0.254 e. The van der Waals surface area contributed by atoms with Gasteiger partial charge in [-0.15, -0.1) is 5.10 Å². The Morgan fingerprint density at radius 2 is 1.78 bits per heavy atom. The Labute approximate surface area is 161 Å². The van der Waals surface area contributed by atoms with Crippen molar-refractivity contribution in [2.75, 3.05) is 12.4 Å². The summed E-state index contributed by atoms with van der Waals surface area (Å²) in [5.41, 5.74) is 2.89. The third kappa shape index (κ3) is 3.85. The topological polar surface area (TPSA) is 64.3 Å². The summed E-state index contributed by atoms with van der Waals surface area (Å²) in [5.74, 6) is 2.88. The Morgan fingerprint density at radius 3 is 2.48 bits per heavy atom. The van der Waals surface area contributed by atoms with Crippen LogP contribution in [0.2, 0.25) is 5.02 Å². The van der Waals surface area contributed by atoms with Crippen molar-refractivity contribution in [2.24, 2.45) is 0 Å². The molecule has 0 fully saturated rings. The Kier molecular flexibility index (Phi) is 4.64. The number of nitrogens with zero attached hydrogens (tertiary/aromatic N) is 4. The van der Waals surface area contributed by atoms with Crippen molar-refractivity contribution in [2.45, 2.75) is 13.3 Å². The van der Waals surface area contributed by atoms with E-state index in [1.807, 2.05) is 61.5 Å². The molecule has 0 aliphatic rings. The van der Waals surface area contributed by atoms with Crippen LogP contribution in [0.15, 0.2) is 54.6 Å². The summed E-state index contributed by atoms with van der Waals surface area (Å²) in [6.45, 7) is 1.94. The van der Waals surface area contributed by atoms with E-state index in [0.29, 0.717) is 23.0 Å². The van der Waals surface area contributed by atoms with E-state index in [9.17, 15) is 0 Å². The van der Waals surface area contributed by atoms with E-state index in [0.717, 1.165) is 28.5 Å². The molecule has 136 valence electrons. The highest BCUT2D eigenvalue weighted by Gasteiger charge is 2.11. The van der Waals surface area contributed by atoms with E-state index in [-0.39, 0.29) is 0 Å². The van der Waals surface area contributed by atoms with Crippen molar-refractivity contribution in [1.29, 1.82) is 0 Å². The molecule has 1 N–H and O–H groups in total. The summed E-state index contributed by atoms with van der Waals surface area (Å²) in [5, 5.41) is 8.71. The van der Waals surface area contributed by atoms with Crippen LogP contribution in [0.4, 0.5) is 11.5 Å². The van der Waals surface area contributed by atoms with Gasteiger partial charge in [-0.3, -0.25) is 0 Å². The van der Waals surface area contributed by atoms with Gasteiger partial charge in [-0.1, -0.05) is 23.7 Å². The number of rotatable bonds is 5. The zero-order chi connectivity index (χ0) is 18.8. The highest BCUT2D eigenvalue weighted by atomic mass is 35.5. The molecular weight excluding hydrogens is 362 g/mol. The van der Waals surface area contributed by atoms with E-state index < -0.39 is 0 Å². The molecule has 2 heterocycles. The van der Waals surface area contributed by atoms with Crippen LogP contribution < -0.4 is 10.1 Å². The third-order valence-electron chi connectivity index (χ3n) is 4.12. The Bertz CT molecular complexity index is 1070. The molecule has 0 saturated carbocycles. The zero-order valence-electron chi connectivity index (χ0n) is 15.0. The second kappa shape index (κ2) is 7.25. The molecule has 6 nitrogen and oxygen atoms in total. The summed E-state index contributed by atoms with van der Waals surface area (Å²) in [6, 6.07) is 17.3. The number of hydrogen-bond donors (Lipinski definition) is 1. The predicted molar refractivity (Wildman–Crippen MR) is 106 cm³/mol. The number of halogens is 1. The average molecular weight is 380 g/mol. The molecule has 27 heavy (non-hydrogen) atoms. The minimum Gasteiger partial charge on any atom is -0.497 e. The lowest BCUT2D eigenvalue weighted by Crippen LogP contribution is -2.03. The van der Waals surface area contributed by atoms with Gasteiger partial charge in [0.25, 0.3) is 5.78 Å². The van der Waals surface area contributed by atoms with Crippen LogP contribution in [-0.2, 0) is 6.42 Å². The fraction of sp³-hybridized carbons (Fsp3) is 0.150. The normalized spacial score (nSPS) is 10.9. The monoisotopic (exact) mass is 379 g/mol. The smallest absolute Gasteiger partial charge is 0.254 e. The zero-order valence-corrected chi connectivity index (χ0v) is 15.7. The van der Waals surface area contributed by atoms with E-state index >= 15 is 0 Å². The summed E-state index contributed by atoms with van der Waals surface area (Å²) < 4.78 is 6.93. The fourth-order valence-electron chi connectivity index (χ4n) is 2.80. The van der Waals surface area contributed by atoms with Gasteiger partial charge in [0.2, 0.25) is 0 Å². The first-order valence-corrected chi connectivity index (χ1v) is 8.87. The van der Waals surface area contributed by atoms with Crippen molar-refractivity contribution < 1.29 is 4.74 Å². The van der Waals surface area contributed by atoms with Crippen LogP contribution in [-0.4, -0.2) is 26.7 Å². The molecular formula is C20H18ClN5O. The Hall–Kier alpha value is -3.12. The molecule has 7 heteroatoms. The molecule has 0 aliphatic carbocycles. The summed E-state index contributed by atoms with van der Waals surface area (Å²) in [4.78, 5) is 9.06. The number of anilines is 2. The van der Waals surface area contributed by atoms with Crippen molar-refractivity contribution in [3.63, 3.8) is 0 Å². The second-order valence-electron chi connectivity index (χ2n) is 6.18. The van der Waals surface area contributed by atoms with Crippen LogP contribution in [0.3, 0.4) is 0 Å². The number of hydrogen-bond acceptors (Lipinski definition) is 5. The third-order valence-corrected chi connectivity index (χ3v) is 4.37. The largest absolute Gasteiger partial charge is 0.497 e. The number of ether oxygens (including phenoxy) is 1. The van der Waals surface area contributed by atoms with Gasteiger partial charge in [-0.2, -0.15) is 9.50 Å². The standard InChI is InChI=1S/C20H18ClN5O/c1-13-11-19(23-16-7-9-17(27-2)10-8-16)26-20(22-13)24-18(25-26)12-14-3-5-15(21)6-4-14/h3-11,23H,12H2,1-2H3. The van der Waals surface area contributed by atoms with Gasteiger partial charge in [0, 0.05) is 28.9 Å². The molecule has 0 unspecified atom stereocenters. The van der Waals surface area contributed by atoms with Gasteiger partial charge < -0.3 is 10.1 Å². The van der Waals surface area contributed by atoms with Crippen molar-refractivity contribution in [1.82, 2.24) is 19.6 Å². The van der Waals surface area contributed by atoms with E-state index in [1.165, 1.54) is 0 Å². The molecule has 4 rings (SSSR count). The summed E-state index contributed by atoms with van der Waals surface area (Å²) >= 11 is 5.95. The van der Waals surface area contributed by atoms with E-state index in [2.05, 4.69) is 20.4 Å². The molecule has 4 aromatic rings. The molecule has 2 aromatic carbocycles. The lowest BCUT2D eigenvalue weighted by atomic mass is 10.1. The molecule has 0 spiro atoms. The minimum atomic E-state index is 0.565. The van der Waals surface area contributed by atoms with Gasteiger partial charge in [-0.25, -0.2) is 4.98 Å². The lowest BCUT2D eigenvalue weighted by molar-refractivity contribution is 0.415. The molecule has 2 aromatic heterocycles. The van der Waals surface area contributed by atoms with Gasteiger partial charge in [0.15, 0.2) is 5.82 Å². The number of nitrogens with one attached hydrogen (secondary N) is 1. The van der Waals surface area contributed by atoms with E-state index in [4.69, 9.17) is 16.3 Å². The van der Waals surface area contributed by atoms with Gasteiger partial charge in [-0.05, 0) is 48.9 Å². The maximum atomic E-state index is 5.95. The number of methoxy groups -OCH3 is 1. The highest BCUT2D eigenvalue weighted by molar-refractivity contribution is 6.30. The molecule has 0 amide bonds. The molecule has 0 radical (unpaired) electrons. The average Bonchev–Trinajstić information content (AvgIpc) is 3.06. The van der Waals surface area contributed by atoms with Crippen molar-refractivity contribution >= 4 is 28.9 Å². The van der Waals surface area contributed by atoms with E-state index in [1.54, 1.807) is 11.6 Å². The SMILES string of the molecule is COc1ccc(Nc2cc(C)nc3nc(Cc4ccc(Cl)cc4)nn23)cc1. The Morgan fingerprint density at radius 1 is 1.04 bits per heavy atom. The number of aromatic nitrogens is 4. The Balaban J connectivity index is 1.65.